The second-order valence-corrected chi connectivity index (χ2v) is 6.82. The van der Waals surface area contributed by atoms with E-state index in [-0.39, 0.29) is 23.4 Å². The van der Waals surface area contributed by atoms with Crippen LogP contribution in [0.2, 0.25) is 0 Å². The molecule has 7 heteroatoms. The third-order valence-electron chi connectivity index (χ3n) is 3.79. The molecule has 0 saturated carbocycles. The second kappa shape index (κ2) is 12.7. The summed E-state index contributed by atoms with van der Waals surface area (Å²) >= 11 is 1.63. The number of esters is 1. The maximum atomic E-state index is 11.1. The van der Waals surface area contributed by atoms with Crippen LogP contribution in [0.4, 0.5) is 0 Å². The lowest BCUT2D eigenvalue weighted by Crippen LogP contribution is -2.40. The SMILES string of the molecule is CC(=O)C1=C(C(C)=O)CCCC1.COC(=O)C(CCSC)NC(C)=O. The van der Waals surface area contributed by atoms with E-state index >= 15 is 0 Å². The maximum Gasteiger partial charge on any atom is 0.328 e. The van der Waals surface area contributed by atoms with Gasteiger partial charge in [-0.15, -0.1) is 0 Å². The van der Waals surface area contributed by atoms with Gasteiger partial charge in [0.05, 0.1) is 7.11 Å². The smallest absolute Gasteiger partial charge is 0.328 e. The van der Waals surface area contributed by atoms with Gasteiger partial charge < -0.3 is 10.1 Å². The largest absolute Gasteiger partial charge is 0.467 e. The molecule has 0 aromatic heterocycles. The summed E-state index contributed by atoms with van der Waals surface area (Å²) < 4.78 is 4.55. The number of nitrogens with one attached hydrogen (secondary N) is 1. The average molecular weight is 371 g/mol. The van der Waals surface area contributed by atoms with Crippen molar-refractivity contribution in [2.75, 3.05) is 19.1 Å². The molecule has 0 aliphatic heterocycles. The van der Waals surface area contributed by atoms with Crippen LogP contribution in [0.1, 0.15) is 52.9 Å². The summed E-state index contributed by atoms with van der Waals surface area (Å²) in [6.45, 7) is 4.47. The van der Waals surface area contributed by atoms with Crippen molar-refractivity contribution in [3.63, 3.8) is 0 Å². The van der Waals surface area contributed by atoms with Gasteiger partial charge in [-0.2, -0.15) is 11.8 Å². The molecule has 0 aromatic rings. The molecule has 0 aromatic carbocycles. The number of amides is 1. The third-order valence-corrected chi connectivity index (χ3v) is 4.44. The zero-order valence-electron chi connectivity index (χ0n) is 15.8. The van der Waals surface area contributed by atoms with Crippen molar-refractivity contribution in [3.05, 3.63) is 11.1 Å². The minimum absolute atomic E-state index is 0.0694. The zero-order valence-corrected chi connectivity index (χ0v) is 16.6. The summed E-state index contributed by atoms with van der Waals surface area (Å²) in [7, 11) is 1.32. The van der Waals surface area contributed by atoms with Crippen LogP contribution in [0.15, 0.2) is 11.1 Å². The number of carbonyl (C=O) groups is 4. The molecule has 142 valence electrons. The van der Waals surface area contributed by atoms with E-state index in [1.54, 1.807) is 25.6 Å². The molecule has 25 heavy (non-hydrogen) atoms. The van der Waals surface area contributed by atoms with E-state index in [1.165, 1.54) is 14.0 Å². The molecule has 1 N–H and O–H groups in total. The molecule has 1 rings (SSSR count). The van der Waals surface area contributed by atoms with Crippen LogP contribution in [0.3, 0.4) is 0 Å². The predicted molar refractivity (Wildman–Crippen MR) is 99.5 cm³/mol. The van der Waals surface area contributed by atoms with Gasteiger partial charge in [0.2, 0.25) is 5.91 Å². The van der Waals surface area contributed by atoms with Crippen molar-refractivity contribution in [3.8, 4) is 0 Å². The van der Waals surface area contributed by atoms with E-state index in [1.807, 2.05) is 6.26 Å². The fourth-order valence-electron chi connectivity index (χ4n) is 2.55. The molecular weight excluding hydrogens is 342 g/mol. The number of thioether (sulfide) groups is 1. The molecule has 1 unspecified atom stereocenters. The number of ether oxygens (including phenoxy) is 1. The lowest BCUT2D eigenvalue weighted by molar-refractivity contribution is -0.144. The number of carbonyl (C=O) groups excluding carboxylic acids is 4. The molecule has 0 radical (unpaired) electrons. The highest BCUT2D eigenvalue weighted by Gasteiger charge is 2.19. The Morgan fingerprint density at radius 2 is 1.52 bits per heavy atom. The summed E-state index contributed by atoms with van der Waals surface area (Å²) in [4.78, 5) is 44.0. The highest BCUT2D eigenvalue weighted by atomic mass is 32.2. The summed E-state index contributed by atoms with van der Waals surface area (Å²) in [6, 6.07) is -0.505. The Bertz CT molecular complexity index is 502. The van der Waals surface area contributed by atoms with E-state index in [2.05, 4.69) is 10.1 Å². The molecular formula is C18H29NO5S. The molecule has 1 amide bonds. The van der Waals surface area contributed by atoms with Gasteiger partial charge in [-0.25, -0.2) is 4.79 Å². The number of rotatable bonds is 7. The van der Waals surface area contributed by atoms with Crippen LogP contribution in [0.25, 0.3) is 0 Å². The molecule has 0 spiro atoms. The van der Waals surface area contributed by atoms with Crippen LogP contribution in [0, 0.1) is 0 Å². The van der Waals surface area contributed by atoms with E-state index in [9.17, 15) is 19.2 Å². The molecule has 0 bridgehead atoms. The van der Waals surface area contributed by atoms with E-state index in [0.717, 1.165) is 42.6 Å². The fourth-order valence-corrected chi connectivity index (χ4v) is 3.03. The Balaban J connectivity index is 0.000000462. The number of Topliss-reactive ketones (excluding diaryl/α,β-unsaturated/α-hetero) is 2. The van der Waals surface area contributed by atoms with Crippen LogP contribution in [-0.2, 0) is 23.9 Å². The van der Waals surface area contributed by atoms with Gasteiger partial charge >= 0.3 is 5.97 Å². The Hall–Kier alpha value is -1.63. The molecule has 1 atom stereocenters. The zero-order chi connectivity index (χ0) is 19.4. The quantitative estimate of drug-likeness (QED) is 0.692. The summed E-state index contributed by atoms with van der Waals surface area (Å²) in [5, 5.41) is 2.54. The Kier molecular flexibility index (Phi) is 11.9. The fraction of sp³-hybridized carbons (Fsp3) is 0.667. The van der Waals surface area contributed by atoms with Crippen molar-refractivity contribution in [2.45, 2.75) is 58.9 Å². The molecule has 0 fully saturated rings. The Labute approximate surface area is 154 Å². The van der Waals surface area contributed by atoms with Gasteiger partial charge in [-0.3, -0.25) is 14.4 Å². The average Bonchev–Trinajstić information content (AvgIpc) is 2.58. The van der Waals surface area contributed by atoms with Crippen LogP contribution < -0.4 is 5.32 Å². The third kappa shape index (κ3) is 9.43. The van der Waals surface area contributed by atoms with Crippen molar-refractivity contribution in [1.29, 1.82) is 0 Å². The summed E-state index contributed by atoms with van der Waals surface area (Å²) in [5.41, 5.74) is 1.54. The Morgan fingerprint density at radius 3 is 1.84 bits per heavy atom. The highest BCUT2D eigenvalue weighted by Crippen LogP contribution is 2.25. The van der Waals surface area contributed by atoms with Gasteiger partial charge in [0.25, 0.3) is 0 Å². The number of hydrogen-bond acceptors (Lipinski definition) is 6. The van der Waals surface area contributed by atoms with Crippen molar-refractivity contribution < 1.29 is 23.9 Å². The topological polar surface area (TPSA) is 89.5 Å². The first-order chi connectivity index (χ1) is 11.7. The van der Waals surface area contributed by atoms with Crippen molar-refractivity contribution in [2.24, 2.45) is 0 Å². The number of allylic oxidation sites excluding steroid dienone is 2. The molecule has 0 heterocycles. The van der Waals surface area contributed by atoms with Gasteiger partial charge in [0.1, 0.15) is 6.04 Å². The minimum atomic E-state index is -0.505. The predicted octanol–water partition coefficient (Wildman–Crippen LogP) is 2.45. The van der Waals surface area contributed by atoms with Gasteiger partial charge in [-0.05, 0) is 58.0 Å². The Morgan fingerprint density at radius 1 is 1.04 bits per heavy atom. The summed E-state index contributed by atoms with van der Waals surface area (Å²) in [5.74, 6) is 0.362. The van der Waals surface area contributed by atoms with E-state index < -0.39 is 6.04 Å². The minimum Gasteiger partial charge on any atom is -0.467 e. The van der Waals surface area contributed by atoms with Crippen LogP contribution in [0.5, 0.6) is 0 Å². The van der Waals surface area contributed by atoms with Crippen LogP contribution >= 0.6 is 11.8 Å². The van der Waals surface area contributed by atoms with Crippen LogP contribution in [-0.4, -0.2) is 48.6 Å². The standard InChI is InChI=1S/C10H14O2.C8H15NO3S/c1-7(11)9-5-3-4-6-10(9)8(2)12;1-6(10)9-7(4-5-13-3)8(11)12-2/h3-6H2,1-2H3;7H,4-5H2,1-3H3,(H,9,10). The summed E-state index contributed by atoms with van der Waals surface area (Å²) in [6.07, 6.45) is 6.24. The van der Waals surface area contributed by atoms with Crippen molar-refractivity contribution in [1.82, 2.24) is 5.32 Å². The molecule has 0 saturated heterocycles. The molecule has 6 nitrogen and oxygen atoms in total. The maximum absolute atomic E-state index is 11.1. The van der Waals surface area contributed by atoms with Gasteiger partial charge in [0.15, 0.2) is 11.6 Å². The number of hydrogen-bond donors (Lipinski definition) is 1. The normalized spacial score (nSPS) is 14.8. The lowest BCUT2D eigenvalue weighted by Gasteiger charge is -2.15. The monoisotopic (exact) mass is 371 g/mol. The lowest BCUT2D eigenvalue weighted by atomic mass is 9.88. The molecule has 1 aliphatic rings. The first-order valence-corrected chi connectivity index (χ1v) is 9.71. The number of methoxy groups -OCH3 is 1. The first kappa shape index (κ1) is 23.4. The van der Waals surface area contributed by atoms with E-state index in [4.69, 9.17) is 0 Å². The number of ketones is 2. The first-order valence-electron chi connectivity index (χ1n) is 8.32. The van der Waals surface area contributed by atoms with E-state index in [0.29, 0.717) is 6.42 Å². The van der Waals surface area contributed by atoms with Gasteiger partial charge in [-0.1, -0.05) is 0 Å². The van der Waals surface area contributed by atoms with Crippen molar-refractivity contribution >= 4 is 35.2 Å². The molecule has 1 aliphatic carbocycles. The second-order valence-electron chi connectivity index (χ2n) is 5.83. The highest BCUT2D eigenvalue weighted by molar-refractivity contribution is 7.98. The van der Waals surface area contributed by atoms with Gasteiger partial charge in [0, 0.05) is 18.1 Å².